The van der Waals surface area contributed by atoms with E-state index in [1.807, 2.05) is 18.2 Å². The molecule has 1 N–H and O–H groups in total. The first kappa shape index (κ1) is 32.0. The Bertz CT molecular complexity index is 1330. The van der Waals surface area contributed by atoms with Crippen molar-refractivity contribution in [2.45, 2.75) is 57.3 Å². The topological polar surface area (TPSA) is 89.7 Å². The number of nitrogens with zero attached hydrogens (tertiary/aromatic N) is 3. The third-order valence-electron chi connectivity index (χ3n) is 8.64. The van der Waals surface area contributed by atoms with Gasteiger partial charge in [0.05, 0.1) is 20.8 Å². The molecule has 1 saturated heterocycles. The van der Waals surface area contributed by atoms with Crippen molar-refractivity contribution in [3.05, 3.63) is 70.6 Å². The van der Waals surface area contributed by atoms with Crippen LogP contribution in [0.1, 0.15) is 66.2 Å². The summed E-state index contributed by atoms with van der Waals surface area (Å²) in [7, 11) is 4.80. The minimum absolute atomic E-state index is 0.157. The molecule has 2 aromatic carbocycles. The Hall–Kier alpha value is -3.37. The average molecular weight is 606 g/mol. The van der Waals surface area contributed by atoms with Gasteiger partial charge in [-0.05, 0) is 48.1 Å². The van der Waals surface area contributed by atoms with Gasteiger partial charge in [0, 0.05) is 64.1 Å². The van der Waals surface area contributed by atoms with Crippen LogP contribution >= 0.6 is 0 Å². The van der Waals surface area contributed by atoms with Gasteiger partial charge >= 0.3 is 0 Å². The fourth-order valence-corrected chi connectivity index (χ4v) is 6.18. The lowest BCUT2D eigenvalue weighted by atomic mass is 9.84. The second kappa shape index (κ2) is 16.1. The zero-order chi connectivity index (χ0) is 30.7. The van der Waals surface area contributed by atoms with E-state index in [0.29, 0.717) is 41.9 Å². The number of ether oxygens (including phenoxy) is 4. The summed E-state index contributed by atoms with van der Waals surface area (Å²) < 4.78 is 27.6. The summed E-state index contributed by atoms with van der Waals surface area (Å²) >= 11 is 0. The number of aliphatic hydroxyl groups is 1. The van der Waals surface area contributed by atoms with Gasteiger partial charge < -0.3 is 28.6 Å². The first-order chi connectivity index (χ1) is 21.5. The average Bonchev–Trinajstić information content (AvgIpc) is 3.51. The minimum Gasteiger partial charge on any atom is -0.493 e. The highest BCUT2D eigenvalue weighted by atomic mass is 16.5. The van der Waals surface area contributed by atoms with E-state index in [1.54, 1.807) is 33.5 Å². The first-order valence-corrected chi connectivity index (χ1v) is 15.8. The van der Waals surface area contributed by atoms with Crippen LogP contribution < -0.4 is 14.2 Å². The SMILES string of the molecule is COCc1cc(/C=C/c2cc(OC)c(OC)cc2OCC(O)CN2CCN(Cc3ccc(C4CCCCC4)cc3)CC2)on1. The lowest BCUT2D eigenvalue weighted by Gasteiger charge is -2.35. The molecular formula is C35H47N3O6. The number of hydrogen-bond donors (Lipinski definition) is 1. The van der Waals surface area contributed by atoms with Gasteiger partial charge in [0.1, 0.15) is 24.2 Å². The highest BCUT2D eigenvalue weighted by Crippen LogP contribution is 2.36. The van der Waals surface area contributed by atoms with Gasteiger partial charge in [0.15, 0.2) is 17.3 Å². The van der Waals surface area contributed by atoms with Crippen molar-refractivity contribution in [1.29, 1.82) is 0 Å². The van der Waals surface area contributed by atoms with E-state index in [9.17, 15) is 5.11 Å². The Morgan fingerprint density at radius 3 is 2.30 bits per heavy atom. The first-order valence-electron chi connectivity index (χ1n) is 15.8. The molecule has 2 heterocycles. The van der Waals surface area contributed by atoms with Crippen molar-refractivity contribution in [1.82, 2.24) is 15.0 Å². The molecule has 0 radical (unpaired) electrons. The second-order valence-corrected chi connectivity index (χ2v) is 11.9. The van der Waals surface area contributed by atoms with Crippen molar-refractivity contribution in [3.8, 4) is 17.2 Å². The summed E-state index contributed by atoms with van der Waals surface area (Å²) in [5.41, 5.74) is 4.37. The summed E-state index contributed by atoms with van der Waals surface area (Å²) in [4.78, 5) is 4.82. The zero-order valence-electron chi connectivity index (χ0n) is 26.4. The molecule has 0 bridgehead atoms. The van der Waals surface area contributed by atoms with Crippen LogP contribution in [-0.2, 0) is 17.9 Å². The van der Waals surface area contributed by atoms with Crippen molar-refractivity contribution in [2.24, 2.45) is 0 Å². The van der Waals surface area contributed by atoms with Gasteiger partial charge in [-0.3, -0.25) is 9.80 Å². The summed E-state index contributed by atoms with van der Waals surface area (Å²) in [5.74, 6) is 3.05. The molecule has 238 valence electrons. The number of rotatable bonds is 14. The number of piperazine rings is 1. The number of methoxy groups -OCH3 is 3. The summed E-state index contributed by atoms with van der Waals surface area (Å²) in [5, 5.41) is 14.9. The van der Waals surface area contributed by atoms with E-state index in [-0.39, 0.29) is 6.61 Å². The third kappa shape index (κ3) is 8.85. The van der Waals surface area contributed by atoms with Crippen LogP contribution in [0.5, 0.6) is 17.2 Å². The van der Waals surface area contributed by atoms with Crippen LogP contribution in [0.2, 0.25) is 0 Å². The molecule has 0 spiro atoms. The lowest BCUT2D eigenvalue weighted by molar-refractivity contribution is 0.0445. The Kier molecular flexibility index (Phi) is 11.7. The standard InChI is InChI=1S/C35H47N3O6/c1-40-24-30-20-32(44-36-30)14-13-29-19-34(41-2)35(42-3)21-33(29)43-25-31(39)23-38-17-15-37(16-18-38)22-26-9-11-28(12-10-26)27-7-5-4-6-8-27/h9-14,19-21,27,31,39H,4-8,15-18,22-25H2,1-3H3/b14-13+. The molecular weight excluding hydrogens is 558 g/mol. The number of benzene rings is 2. The highest BCUT2D eigenvalue weighted by molar-refractivity contribution is 5.73. The van der Waals surface area contributed by atoms with Crippen molar-refractivity contribution in [3.63, 3.8) is 0 Å². The van der Waals surface area contributed by atoms with Gasteiger partial charge in [0.25, 0.3) is 0 Å². The zero-order valence-corrected chi connectivity index (χ0v) is 26.4. The quantitative estimate of drug-likeness (QED) is 0.252. The highest BCUT2D eigenvalue weighted by Gasteiger charge is 2.21. The summed E-state index contributed by atoms with van der Waals surface area (Å²) in [6.45, 7) is 5.87. The molecule has 5 rings (SSSR count). The predicted molar refractivity (Wildman–Crippen MR) is 171 cm³/mol. The fourth-order valence-electron chi connectivity index (χ4n) is 6.18. The van der Waals surface area contributed by atoms with Gasteiger partial charge in [-0.25, -0.2) is 0 Å². The molecule has 1 aliphatic heterocycles. The maximum Gasteiger partial charge on any atom is 0.164 e. The van der Waals surface area contributed by atoms with Gasteiger partial charge in [-0.15, -0.1) is 0 Å². The number of aliphatic hydroxyl groups excluding tert-OH is 1. The van der Waals surface area contributed by atoms with Crippen LogP contribution in [0.4, 0.5) is 0 Å². The Morgan fingerprint density at radius 2 is 1.59 bits per heavy atom. The molecule has 1 aliphatic carbocycles. The van der Waals surface area contributed by atoms with E-state index in [1.165, 1.54) is 43.2 Å². The van der Waals surface area contributed by atoms with Crippen molar-refractivity contribution >= 4 is 12.2 Å². The van der Waals surface area contributed by atoms with Crippen LogP contribution in [0.25, 0.3) is 12.2 Å². The molecule has 9 heteroatoms. The largest absolute Gasteiger partial charge is 0.493 e. The van der Waals surface area contributed by atoms with E-state index < -0.39 is 6.10 Å². The Balaban J connectivity index is 1.11. The van der Waals surface area contributed by atoms with E-state index in [4.69, 9.17) is 23.5 Å². The maximum absolute atomic E-state index is 10.9. The molecule has 44 heavy (non-hydrogen) atoms. The molecule has 1 aromatic heterocycles. The van der Waals surface area contributed by atoms with Gasteiger partial charge in [0.2, 0.25) is 0 Å². The molecule has 2 fully saturated rings. The molecule has 0 amide bonds. The van der Waals surface area contributed by atoms with E-state index in [2.05, 4.69) is 39.2 Å². The normalized spacial score (nSPS) is 17.6. The maximum atomic E-state index is 10.9. The summed E-state index contributed by atoms with van der Waals surface area (Å²) in [6, 6.07) is 14.8. The molecule has 9 nitrogen and oxygen atoms in total. The van der Waals surface area contributed by atoms with Gasteiger partial charge in [-0.1, -0.05) is 48.7 Å². The van der Waals surface area contributed by atoms with E-state index in [0.717, 1.165) is 44.2 Å². The number of aromatic nitrogens is 1. The van der Waals surface area contributed by atoms with Crippen LogP contribution in [-0.4, -0.2) is 86.8 Å². The molecule has 3 aromatic rings. The molecule has 1 saturated carbocycles. The monoisotopic (exact) mass is 605 g/mol. The summed E-state index contributed by atoms with van der Waals surface area (Å²) in [6.07, 6.45) is 9.84. The van der Waals surface area contributed by atoms with Crippen molar-refractivity contribution in [2.75, 3.05) is 60.7 Å². The van der Waals surface area contributed by atoms with Crippen LogP contribution in [0, 0.1) is 0 Å². The number of β-amino-alcohol motifs (C(OH)–C–C–N with tert-alkyl or cyclic N) is 1. The van der Waals surface area contributed by atoms with Crippen LogP contribution in [0.3, 0.4) is 0 Å². The predicted octanol–water partition coefficient (Wildman–Crippen LogP) is 5.61. The lowest BCUT2D eigenvalue weighted by Crippen LogP contribution is -2.48. The van der Waals surface area contributed by atoms with Gasteiger partial charge in [-0.2, -0.15) is 0 Å². The van der Waals surface area contributed by atoms with E-state index >= 15 is 0 Å². The molecule has 1 unspecified atom stereocenters. The second-order valence-electron chi connectivity index (χ2n) is 11.9. The minimum atomic E-state index is -0.635. The van der Waals surface area contributed by atoms with Crippen molar-refractivity contribution < 1.29 is 28.6 Å². The molecule has 1 atom stereocenters. The fraction of sp³-hybridized carbons (Fsp3) is 0.514. The smallest absolute Gasteiger partial charge is 0.164 e. The Morgan fingerprint density at radius 1 is 0.886 bits per heavy atom. The van der Waals surface area contributed by atoms with Crippen LogP contribution in [0.15, 0.2) is 47.0 Å². The Labute approximate surface area is 261 Å². The number of hydrogen-bond acceptors (Lipinski definition) is 9. The molecule has 2 aliphatic rings. The third-order valence-corrected chi connectivity index (χ3v) is 8.64.